The van der Waals surface area contributed by atoms with E-state index in [-0.39, 0.29) is 24.5 Å². The Morgan fingerprint density at radius 3 is 2.65 bits per heavy atom. The van der Waals surface area contributed by atoms with Crippen LogP contribution in [0.5, 0.6) is 0 Å². The van der Waals surface area contributed by atoms with Crippen molar-refractivity contribution >= 4 is 17.9 Å². The molecule has 0 radical (unpaired) electrons. The van der Waals surface area contributed by atoms with Gasteiger partial charge in [-0.25, -0.2) is 4.79 Å². The number of rotatable bonds is 4. The standard InChI is InChI=1S/C13H21N3O4/c1-16-7-9(3-4-10(16)17)15-12(20)14-8-13(11(18)19)5-2-6-13/h9H,2-8H2,1H3,(H,18,19)(H2,14,15,20). The molecule has 1 unspecified atom stereocenters. The van der Waals surface area contributed by atoms with E-state index in [2.05, 4.69) is 10.6 Å². The maximum atomic E-state index is 11.8. The summed E-state index contributed by atoms with van der Waals surface area (Å²) in [5.41, 5.74) is -0.781. The van der Waals surface area contributed by atoms with Crippen LogP contribution in [0.1, 0.15) is 32.1 Å². The van der Waals surface area contributed by atoms with Crippen molar-refractivity contribution in [3.05, 3.63) is 0 Å². The second kappa shape index (κ2) is 5.68. The van der Waals surface area contributed by atoms with Gasteiger partial charge in [0.2, 0.25) is 5.91 Å². The molecular weight excluding hydrogens is 262 g/mol. The molecule has 0 bridgehead atoms. The van der Waals surface area contributed by atoms with Gasteiger partial charge in [0.15, 0.2) is 0 Å². The minimum atomic E-state index is -0.841. The topological polar surface area (TPSA) is 98.7 Å². The number of piperidine rings is 1. The van der Waals surface area contributed by atoms with Gasteiger partial charge in [0.1, 0.15) is 0 Å². The number of carboxylic acids is 1. The van der Waals surface area contributed by atoms with Crippen molar-refractivity contribution in [2.75, 3.05) is 20.1 Å². The van der Waals surface area contributed by atoms with Crippen molar-refractivity contribution in [3.8, 4) is 0 Å². The first-order valence-electron chi connectivity index (χ1n) is 6.95. The predicted molar refractivity (Wildman–Crippen MR) is 71.1 cm³/mol. The summed E-state index contributed by atoms with van der Waals surface area (Å²) in [4.78, 5) is 35.9. The maximum absolute atomic E-state index is 11.8. The lowest BCUT2D eigenvalue weighted by Crippen LogP contribution is -2.54. The van der Waals surface area contributed by atoms with Gasteiger partial charge in [-0.15, -0.1) is 0 Å². The van der Waals surface area contributed by atoms with Gasteiger partial charge in [0, 0.05) is 32.6 Å². The fraction of sp³-hybridized carbons (Fsp3) is 0.769. The molecule has 20 heavy (non-hydrogen) atoms. The number of urea groups is 1. The van der Waals surface area contributed by atoms with Crippen molar-refractivity contribution in [3.63, 3.8) is 0 Å². The zero-order valence-electron chi connectivity index (χ0n) is 11.6. The highest BCUT2D eigenvalue weighted by molar-refractivity contribution is 5.80. The highest BCUT2D eigenvalue weighted by Gasteiger charge is 2.44. The Hall–Kier alpha value is -1.79. The van der Waals surface area contributed by atoms with Crippen LogP contribution in [0.3, 0.4) is 0 Å². The Bertz CT molecular complexity index is 420. The zero-order chi connectivity index (χ0) is 14.8. The molecule has 0 aromatic heterocycles. The van der Waals surface area contributed by atoms with Crippen molar-refractivity contribution in [1.29, 1.82) is 0 Å². The average molecular weight is 283 g/mol. The van der Waals surface area contributed by atoms with E-state index in [0.717, 1.165) is 6.42 Å². The highest BCUT2D eigenvalue weighted by Crippen LogP contribution is 2.40. The van der Waals surface area contributed by atoms with E-state index in [1.54, 1.807) is 11.9 Å². The molecule has 1 heterocycles. The van der Waals surface area contributed by atoms with Gasteiger partial charge in [-0.05, 0) is 19.3 Å². The summed E-state index contributed by atoms with van der Waals surface area (Å²) in [7, 11) is 1.71. The summed E-state index contributed by atoms with van der Waals surface area (Å²) in [6.45, 7) is 0.659. The van der Waals surface area contributed by atoms with Crippen molar-refractivity contribution in [2.24, 2.45) is 5.41 Å². The van der Waals surface area contributed by atoms with Crippen LogP contribution < -0.4 is 10.6 Å². The molecule has 1 saturated carbocycles. The summed E-state index contributed by atoms with van der Waals surface area (Å²) in [6.07, 6.45) is 3.18. The Kier molecular flexibility index (Phi) is 4.15. The number of nitrogens with one attached hydrogen (secondary N) is 2. The first kappa shape index (κ1) is 14.6. The molecule has 2 aliphatic rings. The first-order chi connectivity index (χ1) is 9.43. The van der Waals surface area contributed by atoms with Gasteiger partial charge in [-0.1, -0.05) is 6.42 Å². The molecule has 1 saturated heterocycles. The molecule has 0 aromatic carbocycles. The summed E-state index contributed by atoms with van der Waals surface area (Å²) >= 11 is 0. The molecule has 2 rings (SSSR count). The summed E-state index contributed by atoms with van der Waals surface area (Å²) < 4.78 is 0. The zero-order valence-corrected chi connectivity index (χ0v) is 11.6. The monoisotopic (exact) mass is 283 g/mol. The minimum Gasteiger partial charge on any atom is -0.481 e. The maximum Gasteiger partial charge on any atom is 0.315 e. The van der Waals surface area contributed by atoms with E-state index < -0.39 is 11.4 Å². The quantitative estimate of drug-likeness (QED) is 0.684. The van der Waals surface area contributed by atoms with Gasteiger partial charge in [0.05, 0.1) is 5.41 Å². The number of hydrogen-bond acceptors (Lipinski definition) is 3. The number of likely N-dealkylation sites (tertiary alicyclic amines) is 1. The van der Waals surface area contributed by atoms with E-state index in [1.807, 2.05) is 0 Å². The number of aliphatic carboxylic acids is 1. The lowest BCUT2D eigenvalue weighted by molar-refractivity contribution is -0.153. The number of amides is 3. The molecule has 2 fully saturated rings. The normalized spacial score (nSPS) is 24.8. The van der Waals surface area contributed by atoms with Crippen LogP contribution >= 0.6 is 0 Å². The molecule has 1 aliphatic heterocycles. The van der Waals surface area contributed by atoms with Crippen LogP contribution in [0, 0.1) is 5.41 Å². The predicted octanol–water partition coefficient (Wildman–Crippen LogP) is 0.161. The van der Waals surface area contributed by atoms with Crippen molar-refractivity contribution in [2.45, 2.75) is 38.1 Å². The Labute approximate surface area is 117 Å². The smallest absolute Gasteiger partial charge is 0.315 e. The van der Waals surface area contributed by atoms with Gasteiger partial charge in [-0.3, -0.25) is 9.59 Å². The SMILES string of the molecule is CN1CC(NC(=O)NCC2(C(=O)O)CCC2)CCC1=O. The summed E-state index contributed by atoms with van der Waals surface area (Å²) in [6, 6.07) is -0.426. The first-order valence-corrected chi connectivity index (χ1v) is 6.95. The number of carbonyl (C=O) groups excluding carboxylic acids is 2. The molecule has 7 heteroatoms. The van der Waals surface area contributed by atoms with Crippen LogP contribution in [-0.2, 0) is 9.59 Å². The molecule has 112 valence electrons. The third-order valence-electron chi connectivity index (χ3n) is 4.31. The lowest BCUT2D eigenvalue weighted by atomic mass is 9.69. The summed E-state index contributed by atoms with van der Waals surface area (Å²) in [5.74, 6) is -0.755. The van der Waals surface area contributed by atoms with Crippen LogP contribution in [0.15, 0.2) is 0 Å². The number of carboxylic acid groups (broad SMARTS) is 1. The van der Waals surface area contributed by atoms with Crippen LogP contribution in [0.2, 0.25) is 0 Å². The van der Waals surface area contributed by atoms with E-state index in [0.29, 0.717) is 32.2 Å². The lowest BCUT2D eigenvalue weighted by Gasteiger charge is -2.37. The second-order valence-corrected chi connectivity index (χ2v) is 5.78. The fourth-order valence-electron chi connectivity index (χ4n) is 2.69. The number of likely N-dealkylation sites (N-methyl/N-ethyl adjacent to an activating group) is 1. The van der Waals surface area contributed by atoms with Gasteiger partial charge in [0.25, 0.3) is 0 Å². The molecule has 1 aliphatic carbocycles. The van der Waals surface area contributed by atoms with E-state index >= 15 is 0 Å². The van der Waals surface area contributed by atoms with Gasteiger partial charge in [-0.2, -0.15) is 0 Å². The third kappa shape index (κ3) is 3.02. The van der Waals surface area contributed by atoms with E-state index in [1.165, 1.54) is 0 Å². The van der Waals surface area contributed by atoms with Crippen LogP contribution in [0.25, 0.3) is 0 Å². The molecular formula is C13H21N3O4. The highest BCUT2D eigenvalue weighted by atomic mass is 16.4. The molecule has 0 aromatic rings. The third-order valence-corrected chi connectivity index (χ3v) is 4.31. The second-order valence-electron chi connectivity index (χ2n) is 5.78. The Balaban J connectivity index is 1.76. The number of hydrogen-bond donors (Lipinski definition) is 3. The Morgan fingerprint density at radius 2 is 2.15 bits per heavy atom. The number of nitrogens with zero attached hydrogens (tertiary/aromatic N) is 1. The van der Waals surface area contributed by atoms with Crippen LogP contribution in [0.4, 0.5) is 4.79 Å². The van der Waals surface area contributed by atoms with E-state index in [4.69, 9.17) is 5.11 Å². The Morgan fingerprint density at radius 1 is 1.45 bits per heavy atom. The van der Waals surface area contributed by atoms with E-state index in [9.17, 15) is 14.4 Å². The van der Waals surface area contributed by atoms with Gasteiger partial charge >= 0.3 is 12.0 Å². The number of carbonyl (C=O) groups is 3. The average Bonchev–Trinajstić information content (AvgIpc) is 2.32. The molecule has 1 atom stereocenters. The minimum absolute atomic E-state index is 0.0696. The van der Waals surface area contributed by atoms with Crippen molar-refractivity contribution in [1.82, 2.24) is 15.5 Å². The molecule has 3 N–H and O–H groups in total. The molecule has 0 spiro atoms. The molecule has 7 nitrogen and oxygen atoms in total. The van der Waals surface area contributed by atoms with Crippen molar-refractivity contribution < 1.29 is 19.5 Å². The molecule has 3 amide bonds. The summed E-state index contributed by atoms with van der Waals surface area (Å²) in [5, 5.41) is 14.6. The fourth-order valence-corrected chi connectivity index (χ4v) is 2.69. The largest absolute Gasteiger partial charge is 0.481 e. The van der Waals surface area contributed by atoms with Gasteiger partial charge < -0.3 is 20.6 Å². The van der Waals surface area contributed by atoms with Crippen LogP contribution in [-0.4, -0.2) is 54.1 Å².